The van der Waals surface area contributed by atoms with Crippen LogP contribution in [0.1, 0.15) is 206 Å². The third-order valence-corrected chi connectivity index (χ3v) is 12.1. The van der Waals surface area contributed by atoms with Crippen molar-refractivity contribution in [1.29, 1.82) is 0 Å². The molecule has 1 saturated heterocycles. The van der Waals surface area contributed by atoms with Crippen LogP contribution < -0.4 is 5.32 Å². The quantitative estimate of drug-likeness (QED) is 0.0261. The fraction of sp³-hybridized carbons (Fsp3) is 0.707. The van der Waals surface area contributed by atoms with E-state index in [1.54, 1.807) is 6.08 Å². The number of hydrogen-bond donors (Lipinski definition) is 6. The Bertz CT molecular complexity index is 1370. The molecule has 1 rings (SSSR count). The molecule has 9 nitrogen and oxygen atoms in total. The number of aliphatic hydroxyl groups is 5. The molecule has 0 bridgehead atoms. The van der Waals surface area contributed by atoms with E-state index in [2.05, 4.69) is 104 Å². The number of aliphatic hydroxyl groups excluding tert-OH is 5. The molecule has 0 aromatic heterocycles. The van der Waals surface area contributed by atoms with E-state index in [1.807, 2.05) is 6.08 Å². The van der Waals surface area contributed by atoms with Crippen molar-refractivity contribution < 1.29 is 39.8 Å². The molecule has 7 atom stereocenters. The Morgan fingerprint density at radius 1 is 0.522 bits per heavy atom. The van der Waals surface area contributed by atoms with E-state index in [4.69, 9.17) is 9.47 Å². The van der Waals surface area contributed by atoms with Gasteiger partial charge in [-0.2, -0.15) is 0 Å². The van der Waals surface area contributed by atoms with Crippen LogP contribution in [0.25, 0.3) is 0 Å². The Morgan fingerprint density at radius 3 is 1.43 bits per heavy atom. The Balaban J connectivity index is 2.34. The van der Waals surface area contributed by atoms with Crippen LogP contribution in [0.5, 0.6) is 0 Å². The zero-order chi connectivity index (χ0) is 48.7. The van der Waals surface area contributed by atoms with Crippen LogP contribution in [-0.4, -0.2) is 87.5 Å². The van der Waals surface area contributed by atoms with Crippen molar-refractivity contribution in [3.63, 3.8) is 0 Å². The summed E-state index contributed by atoms with van der Waals surface area (Å²) in [5.41, 5.74) is 0. The predicted octanol–water partition coefficient (Wildman–Crippen LogP) is 12.8. The minimum Gasteiger partial charge on any atom is -0.394 e. The number of ether oxygens (including phenoxy) is 2. The van der Waals surface area contributed by atoms with Crippen molar-refractivity contribution in [1.82, 2.24) is 5.32 Å². The standard InChI is InChI=1S/C58H99NO8/c1-3-5-7-9-11-13-15-17-19-21-23-25-26-28-30-32-34-36-38-40-42-44-46-48-54(62)59-51(50-66-58-57(65)56(64)55(63)53(49-60)67-58)52(61)47-45-43-41-39-37-35-33-31-29-27-24-22-20-18-16-14-12-10-8-6-4-2/h5,7,11,13,17,19,23,25,28,30,34,36-37,39,45,47,51-53,55-58,60-61,63-65H,3-4,6,8-10,12,14-16,18,20-22,24,26-27,29,31-33,35,38,40-44,46,48-50H2,1-2H3,(H,59,62)/b7-5-,13-11-,19-17-,25-23-,30-28-,36-34-,39-37+,47-45+. The first kappa shape index (κ1) is 62.1. The van der Waals surface area contributed by atoms with Crippen molar-refractivity contribution in [3.05, 3.63) is 97.2 Å². The van der Waals surface area contributed by atoms with Crippen molar-refractivity contribution in [2.45, 2.75) is 249 Å². The Hall–Kier alpha value is -2.89. The van der Waals surface area contributed by atoms with Gasteiger partial charge in [0.1, 0.15) is 24.4 Å². The van der Waals surface area contributed by atoms with E-state index in [0.717, 1.165) is 83.5 Å². The van der Waals surface area contributed by atoms with E-state index in [0.29, 0.717) is 12.8 Å². The Kier molecular flexibility index (Phi) is 43.4. The molecule has 0 spiro atoms. The van der Waals surface area contributed by atoms with Crippen molar-refractivity contribution in [3.8, 4) is 0 Å². The first-order chi connectivity index (χ1) is 32.8. The maximum atomic E-state index is 13.0. The molecular weight excluding hydrogens is 839 g/mol. The van der Waals surface area contributed by atoms with Crippen LogP contribution in [0.15, 0.2) is 97.2 Å². The van der Waals surface area contributed by atoms with Crippen molar-refractivity contribution in [2.75, 3.05) is 13.2 Å². The third-order valence-electron chi connectivity index (χ3n) is 12.1. The van der Waals surface area contributed by atoms with Crippen molar-refractivity contribution in [2.24, 2.45) is 0 Å². The lowest BCUT2D eigenvalue weighted by Crippen LogP contribution is -2.60. The number of amides is 1. The minimum atomic E-state index is -1.58. The van der Waals surface area contributed by atoms with Gasteiger partial charge in [-0.25, -0.2) is 0 Å². The molecule has 384 valence electrons. The van der Waals surface area contributed by atoms with Gasteiger partial charge in [0.05, 0.1) is 25.4 Å². The van der Waals surface area contributed by atoms with E-state index in [1.165, 1.54) is 96.3 Å². The molecule has 1 aliphatic heterocycles. The average Bonchev–Trinajstić information content (AvgIpc) is 3.33. The number of carbonyl (C=O) groups is 1. The molecule has 0 aliphatic carbocycles. The highest BCUT2D eigenvalue weighted by Crippen LogP contribution is 2.22. The van der Waals surface area contributed by atoms with Gasteiger partial charge in [0.15, 0.2) is 6.29 Å². The Morgan fingerprint density at radius 2 is 0.940 bits per heavy atom. The molecule has 67 heavy (non-hydrogen) atoms. The molecule has 1 fully saturated rings. The summed E-state index contributed by atoms with van der Waals surface area (Å²) in [6, 6.07) is -0.843. The first-order valence-electron chi connectivity index (χ1n) is 27.0. The normalized spacial score (nSPS) is 20.5. The highest BCUT2D eigenvalue weighted by atomic mass is 16.7. The number of rotatable bonds is 44. The lowest BCUT2D eigenvalue weighted by atomic mass is 9.99. The van der Waals surface area contributed by atoms with Crippen LogP contribution in [0.2, 0.25) is 0 Å². The highest BCUT2D eigenvalue weighted by molar-refractivity contribution is 5.76. The average molecular weight is 938 g/mol. The van der Waals surface area contributed by atoms with Gasteiger partial charge in [-0.1, -0.05) is 214 Å². The monoisotopic (exact) mass is 938 g/mol. The lowest BCUT2D eigenvalue weighted by Gasteiger charge is -2.40. The summed E-state index contributed by atoms with van der Waals surface area (Å²) in [4.78, 5) is 13.0. The molecule has 0 radical (unpaired) electrons. The molecule has 7 unspecified atom stereocenters. The molecule has 9 heteroatoms. The Labute approximate surface area is 409 Å². The molecule has 1 heterocycles. The second-order valence-corrected chi connectivity index (χ2v) is 18.3. The highest BCUT2D eigenvalue weighted by Gasteiger charge is 2.44. The number of unbranched alkanes of at least 4 members (excludes halogenated alkanes) is 20. The minimum absolute atomic E-state index is 0.214. The number of hydrogen-bond acceptors (Lipinski definition) is 8. The number of nitrogens with one attached hydrogen (secondary N) is 1. The predicted molar refractivity (Wildman–Crippen MR) is 281 cm³/mol. The summed E-state index contributed by atoms with van der Waals surface area (Å²) in [6.07, 6.45) is 60.3. The fourth-order valence-electron chi connectivity index (χ4n) is 7.88. The topological polar surface area (TPSA) is 149 Å². The van der Waals surface area contributed by atoms with Crippen LogP contribution >= 0.6 is 0 Å². The SMILES string of the molecule is CC/C=C\C/C=C\C/C=C\C/C=C\C/C=C\C/C=C\CCCCCCC(=O)NC(COC1OC(CO)C(O)C(O)C1O)C(O)/C=C/CC/C=C/CCCCCCCCCCCCCCCCC. The lowest BCUT2D eigenvalue weighted by molar-refractivity contribution is -0.302. The van der Waals surface area contributed by atoms with Gasteiger partial charge in [-0.3, -0.25) is 4.79 Å². The molecule has 6 N–H and O–H groups in total. The number of carbonyl (C=O) groups excluding carboxylic acids is 1. The van der Waals surface area contributed by atoms with E-state index in [9.17, 15) is 30.3 Å². The van der Waals surface area contributed by atoms with Gasteiger partial charge in [-0.05, 0) is 83.5 Å². The summed E-state index contributed by atoms with van der Waals surface area (Å²) >= 11 is 0. The van der Waals surface area contributed by atoms with Gasteiger partial charge in [-0.15, -0.1) is 0 Å². The molecule has 1 amide bonds. The van der Waals surface area contributed by atoms with Crippen LogP contribution in [0.3, 0.4) is 0 Å². The summed E-state index contributed by atoms with van der Waals surface area (Å²) in [7, 11) is 0. The van der Waals surface area contributed by atoms with Gasteiger partial charge < -0.3 is 40.3 Å². The van der Waals surface area contributed by atoms with Crippen molar-refractivity contribution >= 4 is 5.91 Å². The third kappa shape index (κ3) is 36.7. The van der Waals surface area contributed by atoms with E-state index in [-0.39, 0.29) is 12.5 Å². The zero-order valence-corrected chi connectivity index (χ0v) is 42.4. The molecule has 0 aromatic carbocycles. The maximum absolute atomic E-state index is 13.0. The van der Waals surface area contributed by atoms with Gasteiger partial charge in [0.2, 0.25) is 5.91 Å². The second kappa shape index (κ2) is 46.8. The summed E-state index contributed by atoms with van der Waals surface area (Å²) in [5.74, 6) is -0.214. The maximum Gasteiger partial charge on any atom is 0.220 e. The fourth-order valence-corrected chi connectivity index (χ4v) is 7.88. The van der Waals surface area contributed by atoms with Crippen LogP contribution in [0, 0.1) is 0 Å². The zero-order valence-electron chi connectivity index (χ0n) is 42.4. The van der Waals surface area contributed by atoms with Gasteiger partial charge >= 0.3 is 0 Å². The summed E-state index contributed by atoms with van der Waals surface area (Å²) in [5, 5.41) is 54.4. The van der Waals surface area contributed by atoms with Crippen LogP contribution in [-0.2, 0) is 14.3 Å². The summed E-state index contributed by atoms with van der Waals surface area (Å²) in [6.45, 7) is 3.63. The largest absolute Gasteiger partial charge is 0.394 e. The first-order valence-corrected chi connectivity index (χ1v) is 27.0. The molecule has 0 aromatic rings. The molecular formula is C58H99NO8. The smallest absolute Gasteiger partial charge is 0.220 e. The second-order valence-electron chi connectivity index (χ2n) is 18.3. The molecule has 1 aliphatic rings. The van der Waals surface area contributed by atoms with E-state index >= 15 is 0 Å². The number of allylic oxidation sites excluding steroid dienone is 15. The summed E-state index contributed by atoms with van der Waals surface area (Å²) < 4.78 is 11.2. The molecule has 0 saturated carbocycles. The van der Waals surface area contributed by atoms with Gasteiger partial charge in [0.25, 0.3) is 0 Å². The van der Waals surface area contributed by atoms with Crippen LogP contribution in [0.4, 0.5) is 0 Å². The van der Waals surface area contributed by atoms with Gasteiger partial charge in [0, 0.05) is 6.42 Å². The van der Waals surface area contributed by atoms with E-state index < -0.39 is 49.5 Å².